The van der Waals surface area contributed by atoms with Gasteiger partial charge in [0.05, 0.1) is 17.8 Å². The normalized spacial score (nSPS) is 12.2. The molecule has 0 saturated heterocycles. The third kappa shape index (κ3) is 5.77. The van der Waals surface area contributed by atoms with Crippen molar-refractivity contribution in [2.75, 3.05) is 11.5 Å². The lowest BCUT2D eigenvalue weighted by molar-refractivity contribution is -0.128. The first-order valence-corrected chi connectivity index (χ1v) is 12.4. The van der Waals surface area contributed by atoms with E-state index in [1.807, 2.05) is 64.1 Å². The van der Waals surface area contributed by atoms with Crippen LogP contribution in [0.2, 0.25) is 0 Å². The molecular formula is C28H32N6O3. The van der Waals surface area contributed by atoms with Gasteiger partial charge in [-0.15, -0.1) is 5.10 Å². The topological polar surface area (TPSA) is 102 Å². The second kappa shape index (κ2) is 11.2. The van der Waals surface area contributed by atoms with E-state index in [1.54, 1.807) is 41.3 Å². The van der Waals surface area contributed by atoms with E-state index in [-0.39, 0.29) is 18.4 Å². The maximum Gasteiger partial charge on any atom is 0.249 e. The third-order valence-electron chi connectivity index (χ3n) is 6.25. The molecule has 2 heterocycles. The zero-order valence-corrected chi connectivity index (χ0v) is 21.6. The number of para-hydroxylation sites is 3. The minimum atomic E-state index is -0.997. The van der Waals surface area contributed by atoms with Crippen LogP contribution in [0.3, 0.4) is 0 Å². The molecule has 9 heteroatoms. The van der Waals surface area contributed by atoms with Gasteiger partial charge in [-0.3, -0.25) is 19.5 Å². The molecule has 1 unspecified atom stereocenters. The van der Waals surface area contributed by atoms with E-state index in [0.717, 1.165) is 5.52 Å². The van der Waals surface area contributed by atoms with E-state index in [0.29, 0.717) is 35.5 Å². The van der Waals surface area contributed by atoms with Crippen LogP contribution in [0, 0.1) is 0 Å². The molecule has 0 fully saturated rings. The van der Waals surface area contributed by atoms with Crippen molar-refractivity contribution >= 4 is 28.5 Å². The minimum absolute atomic E-state index is 0.123. The van der Waals surface area contributed by atoms with Crippen molar-refractivity contribution in [3.8, 4) is 5.75 Å². The molecular weight excluding hydrogens is 468 g/mol. The van der Waals surface area contributed by atoms with E-state index in [9.17, 15) is 9.59 Å². The Morgan fingerprint density at radius 3 is 2.54 bits per heavy atom. The van der Waals surface area contributed by atoms with Crippen LogP contribution >= 0.6 is 0 Å². The summed E-state index contributed by atoms with van der Waals surface area (Å²) in [6.07, 6.45) is 3.96. The number of rotatable bonds is 10. The Balaban J connectivity index is 1.85. The van der Waals surface area contributed by atoms with Gasteiger partial charge in [0.25, 0.3) is 0 Å². The summed E-state index contributed by atoms with van der Waals surface area (Å²) in [4.78, 5) is 33.8. The number of amides is 2. The van der Waals surface area contributed by atoms with Crippen LogP contribution in [0.1, 0.15) is 45.7 Å². The highest BCUT2D eigenvalue weighted by Gasteiger charge is 2.36. The zero-order valence-electron chi connectivity index (χ0n) is 21.6. The summed E-state index contributed by atoms with van der Waals surface area (Å²) in [5.41, 5.74) is 1.99. The summed E-state index contributed by atoms with van der Waals surface area (Å²) in [6, 6.07) is 17.2. The predicted octanol–water partition coefficient (Wildman–Crippen LogP) is 4.30. The third-order valence-corrected chi connectivity index (χ3v) is 6.25. The number of carbonyl (C=O) groups excluding carboxylic acids is 2. The summed E-state index contributed by atoms with van der Waals surface area (Å²) in [7, 11) is 0. The average molecular weight is 501 g/mol. The molecule has 4 rings (SSSR count). The minimum Gasteiger partial charge on any atom is -0.492 e. The number of anilines is 1. The summed E-state index contributed by atoms with van der Waals surface area (Å²) >= 11 is 0. The fourth-order valence-corrected chi connectivity index (χ4v) is 4.04. The molecule has 1 atom stereocenters. The number of aromatic nitrogens is 4. The van der Waals surface area contributed by atoms with Gasteiger partial charge in [-0.25, -0.2) is 4.68 Å². The van der Waals surface area contributed by atoms with Crippen molar-refractivity contribution < 1.29 is 14.3 Å². The number of carbonyl (C=O) groups is 2. The van der Waals surface area contributed by atoms with Gasteiger partial charge < -0.3 is 10.1 Å². The Morgan fingerprint density at radius 1 is 1.05 bits per heavy atom. The molecule has 0 saturated carbocycles. The molecule has 0 aliphatic rings. The number of pyridine rings is 1. The van der Waals surface area contributed by atoms with Crippen LogP contribution < -0.4 is 15.0 Å². The van der Waals surface area contributed by atoms with Gasteiger partial charge in [-0.2, -0.15) is 0 Å². The van der Waals surface area contributed by atoms with E-state index in [2.05, 4.69) is 20.6 Å². The predicted molar refractivity (Wildman–Crippen MR) is 142 cm³/mol. The molecule has 192 valence electrons. The van der Waals surface area contributed by atoms with Crippen molar-refractivity contribution in [2.45, 2.75) is 52.2 Å². The molecule has 0 aliphatic carbocycles. The van der Waals surface area contributed by atoms with E-state index in [1.165, 1.54) is 4.90 Å². The monoisotopic (exact) mass is 500 g/mol. The standard InChI is InChI=1S/C28H32N6O3/c1-5-28(3,4)30-27(36)26(20-12-11-17-29-18-20)34(23-15-9-10-16-24(23)37-6-2)25(35)19-33-22-14-8-7-13-21(22)31-32-33/h7-18,26H,5-6,19H2,1-4H3,(H,30,36). The van der Waals surface area contributed by atoms with Crippen molar-refractivity contribution in [2.24, 2.45) is 0 Å². The SMILES string of the molecule is CCOc1ccccc1N(C(=O)Cn1nnc2ccccc21)C(C(=O)NC(C)(C)CC)c1cccnc1. The first-order chi connectivity index (χ1) is 17.8. The Kier molecular flexibility index (Phi) is 7.81. The number of ether oxygens (including phenoxy) is 1. The molecule has 2 amide bonds. The lowest BCUT2D eigenvalue weighted by Gasteiger charge is -2.35. The van der Waals surface area contributed by atoms with Gasteiger partial charge in [0, 0.05) is 23.5 Å². The lowest BCUT2D eigenvalue weighted by atomic mass is 9.99. The Hall–Kier alpha value is -4.27. The summed E-state index contributed by atoms with van der Waals surface area (Å²) in [6.45, 7) is 8.06. The number of benzene rings is 2. The van der Waals surface area contributed by atoms with Gasteiger partial charge in [-0.05, 0) is 57.5 Å². The molecule has 0 spiro atoms. The van der Waals surface area contributed by atoms with Crippen molar-refractivity contribution in [1.82, 2.24) is 25.3 Å². The van der Waals surface area contributed by atoms with E-state index in [4.69, 9.17) is 4.74 Å². The highest BCUT2D eigenvalue weighted by molar-refractivity contribution is 6.02. The molecule has 9 nitrogen and oxygen atoms in total. The molecule has 0 aliphatic heterocycles. The van der Waals surface area contributed by atoms with Crippen LogP contribution in [0.25, 0.3) is 11.0 Å². The summed E-state index contributed by atoms with van der Waals surface area (Å²) < 4.78 is 7.43. The average Bonchev–Trinajstić information content (AvgIpc) is 3.30. The molecule has 1 N–H and O–H groups in total. The zero-order chi connectivity index (χ0) is 26.4. The highest BCUT2D eigenvalue weighted by atomic mass is 16.5. The molecule has 0 radical (unpaired) electrons. The first-order valence-electron chi connectivity index (χ1n) is 12.4. The number of hydrogen-bond donors (Lipinski definition) is 1. The molecule has 37 heavy (non-hydrogen) atoms. The largest absolute Gasteiger partial charge is 0.492 e. The molecule has 2 aromatic carbocycles. The van der Waals surface area contributed by atoms with Crippen molar-refractivity contribution in [3.05, 3.63) is 78.6 Å². The second-order valence-corrected chi connectivity index (χ2v) is 9.32. The van der Waals surface area contributed by atoms with Gasteiger partial charge in [0.15, 0.2) is 0 Å². The molecule has 4 aromatic rings. The number of fused-ring (bicyclic) bond motifs is 1. The van der Waals surface area contributed by atoms with Gasteiger partial charge in [0.1, 0.15) is 23.9 Å². The molecule has 0 bridgehead atoms. The Bertz CT molecular complexity index is 1370. The number of nitrogens with zero attached hydrogens (tertiary/aromatic N) is 5. The van der Waals surface area contributed by atoms with Crippen LogP contribution in [-0.2, 0) is 16.1 Å². The van der Waals surface area contributed by atoms with Crippen LogP contribution in [-0.4, -0.2) is 43.9 Å². The Morgan fingerprint density at radius 2 is 1.81 bits per heavy atom. The fourth-order valence-electron chi connectivity index (χ4n) is 4.04. The first kappa shape index (κ1) is 25.8. The van der Waals surface area contributed by atoms with E-state index < -0.39 is 11.6 Å². The summed E-state index contributed by atoms with van der Waals surface area (Å²) in [5.74, 6) is -0.165. The lowest BCUT2D eigenvalue weighted by Crippen LogP contribution is -2.51. The Labute approximate surface area is 216 Å². The van der Waals surface area contributed by atoms with Gasteiger partial charge in [0.2, 0.25) is 11.8 Å². The second-order valence-electron chi connectivity index (χ2n) is 9.32. The van der Waals surface area contributed by atoms with Gasteiger partial charge in [-0.1, -0.05) is 42.5 Å². The highest BCUT2D eigenvalue weighted by Crippen LogP contribution is 2.35. The fraction of sp³-hybridized carbons (Fsp3) is 0.321. The smallest absolute Gasteiger partial charge is 0.249 e. The van der Waals surface area contributed by atoms with Crippen molar-refractivity contribution in [1.29, 1.82) is 0 Å². The van der Waals surface area contributed by atoms with Crippen LogP contribution in [0.5, 0.6) is 5.75 Å². The van der Waals surface area contributed by atoms with Crippen LogP contribution in [0.15, 0.2) is 73.1 Å². The van der Waals surface area contributed by atoms with Crippen molar-refractivity contribution in [3.63, 3.8) is 0 Å². The number of hydrogen-bond acceptors (Lipinski definition) is 6. The molecule has 2 aromatic heterocycles. The quantitative estimate of drug-likeness (QED) is 0.348. The maximum atomic E-state index is 14.1. The number of nitrogens with one attached hydrogen (secondary N) is 1. The van der Waals surface area contributed by atoms with Gasteiger partial charge >= 0.3 is 0 Å². The van der Waals surface area contributed by atoms with Crippen LogP contribution in [0.4, 0.5) is 5.69 Å². The summed E-state index contributed by atoms with van der Waals surface area (Å²) in [5, 5.41) is 11.5. The van der Waals surface area contributed by atoms with E-state index >= 15 is 0 Å². The maximum absolute atomic E-state index is 14.1.